The summed E-state index contributed by atoms with van der Waals surface area (Å²) in [5.74, 6) is 0. The van der Waals surface area contributed by atoms with Gasteiger partial charge in [0.05, 0.1) is 12.5 Å². The van der Waals surface area contributed by atoms with Gasteiger partial charge in [0.2, 0.25) is 0 Å². The molecule has 7 aromatic carbocycles. The molecular weight excluding hydrogens is 838 g/mol. The fourth-order valence-electron chi connectivity index (χ4n) is 10.5. The van der Waals surface area contributed by atoms with Crippen molar-refractivity contribution in [3.63, 3.8) is 0 Å². The predicted octanol–water partition coefficient (Wildman–Crippen LogP) is 16.5. The first kappa shape index (κ1) is 46.3. The van der Waals surface area contributed by atoms with E-state index in [-0.39, 0.29) is 33.8 Å². The van der Waals surface area contributed by atoms with Crippen molar-refractivity contribution < 1.29 is 4.42 Å². The molecule has 0 radical (unpaired) electrons. The molecule has 2 aliphatic rings. The summed E-state index contributed by atoms with van der Waals surface area (Å²) in [4.78, 5) is 7.55. The van der Waals surface area contributed by atoms with Crippen molar-refractivity contribution in [1.29, 1.82) is 0 Å². The zero-order valence-electron chi connectivity index (χ0n) is 43.8. The summed E-state index contributed by atoms with van der Waals surface area (Å²) in [5, 5.41) is 2.20. The lowest BCUT2D eigenvalue weighted by Gasteiger charge is -2.45. The van der Waals surface area contributed by atoms with E-state index in [0.29, 0.717) is 0 Å². The van der Waals surface area contributed by atoms with Gasteiger partial charge < -0.3 is 19.1 Å². The highest BCUT2D eigenvalue weighted by molar-refractivity contribution is 7.00. The first-order valence-electron chi connectivity index (χ1n) is 25.0. The van der Waals surface area contributed by atoms with Crippen molar-refractivity contribution in [3.8, 4) is 0 Å². The second kappa shape index (κ2) is 16.1. The molecule has 0 saturated carbocycles. The highest BCUT2D eigenvalue weighted by Crippen LogP contribution is 2.49. The predicted molar refractivity (Wildman–Crippen MR) is 298 cm³/mol. The van der Waals surface area contributed by atoms with E-state index in [1.165, 1.54) is 67.0 Å². The second-order valence-corrected chi connectivity index (χ2v) is 25.0. The van der Waals surface area contributed by atoms with Gasteiger partial charge in [0.15, 0.2) is 0 Å². The molecular formula is C64H70BN3O. The number of anilines is 9. The van der Waals surface area contributed by atoms with E-state index in [4.69, 9.17) is 4.42 Å². The molecule has 4 nitrogen and oxygen atoms in total. The van der Waals surface area contributed by atoms with Crippen LogP contribution in [0.5, 0.6) is 0 Å². The van der Waals surface area contributed by atoms with Crippen molar-refractivity contribution in [3.05, 3.63) is 180 Å². The van der Waals surface area contributed by atoms with Crippen LogP contribution in [0.1, 0.15) is 132 Å². The summed E-state index contributed by atoms with van der Waals surface area (Å²) in [6.45, 7) is 34.5. The summed E-state index contributed by atoms with van der Waals surface area (Å²) in [6.07, 6.45) is 3.80. The molecule has 0 bridgehead atoms. The Hall–Kier alpha value is -6.46. The van der Waals surface area contributed by atoms with Gasteiger partial charge in [-0.2, -0.15) is 0 Å². The van der Waals surface area contributed by atoms with Crippen LogP contribution >= 0.6 is 0 Å². The third-order valence-corrected chi connectivity index (χ3v) is 14.7. The molecule has 2 aliphatic heterocycles. The molecule has 69 heavy (non-hydrogen) atoms. The second-order valence-electron chi connectivity index (χ2n) is 25.0. The summed E-state index contributed by atoms with van der Waals surface area (Å²) in [6, 6.07) is 54.0. The van der Waals surface area contributed by atoms with Gasteiger partial charge in [0, 0.05) is 62.0 Å². The van der Waals surface area contributed by atoms with Crippen molar-refractivity contribution in [2.75, 3.05) is 14.7 Å². The lowest BCUT2D eigenvalue weighted by atomic mass is 9.33. The van der Waals surface area contributed by atoms with Gasteiger partial charge in [-0.3, -0.25) is 0 Å². The van der Waals surface area contributed by atoms with E-state index in [9.17, 15) is 0 Å². The Morgan fingerprint density at radius 2 is 0.710 bits per heavy atom. The largest absolute Gasteiger partial charge is 0.471 e. The van der Waals surface area contributed by atoms with Crippen LogP contribution in [0, 0.1) is 0 Å². The third-order valence-electron chi connectivity index (χ3n) is 14.7. The molecule has 0 aliphatic carbocycles. The lowest BCUT2D eigenvalue weighted by Crippen LogP contribution is -2.61. The van der Waals surface area contributed by atoms with Crippen LogP contribution in [0.25, 0.3) is 10.8 Å². The number of furan rings is 1. The minimum absolute atomic E-state index is 0.0126. The molecule has 0 unspecified atom stereocenters. The number of fused-ring (bicyclic) bond motifs is 5. The molecule has 8 aromatic rings. The summed E-state index contributed by atoms with van der Waals surface area (Å²) >= 11 is 0. The van der Waals surface area contributed by atoms with Crippen LogP contribution in [0.4, 0.5) is 51.2 Å². The zero-order valence-corrected chi connectivity index (χ0v) is 43.8. The standard InChI is InChI=1S/C64H70BN3O/c1-60(2,3)43-16-24-48(25-17-43)66(49-26-18-44(19-27-49)61(4,5)6)52-32-33-53-56(38-52)68(51-30-22-46(23-31-51)63(10,11)12)58-37-47(64(13,14)15)36-57-59(58)65(53)54-34-41-39-69-40-42(41)35-55(54)67(57)50-28-20-45(21-29-50)62(7,8)9/h16-40H,1-15H3. The van der Waals surface area contributed by atoms with Gasteiger partial charge in [0.1, 0.15) is 0 Å². The topological polar surface area (TPSA) is 22.9 Å². The summed E-state index contributed by atoms with van der Waals surface area (Å²) in [7, 11) is 0. The smallest absolute Gasteiger partial charge is 0.252 e. The van der Waals surface area contributed by atoms with Gasteiger partial charge >= 0.3 is 0 Å². The maximum Gasteiger partial charge on any atom is 0.252 e. The highest BCUT2D eigenvalue weighted by Gasteiger charge is 2.45. The van der Waals surface area contributed by atoms with Gasteiger partial charge in [-0.25, -0.2) is 0 Å². The molecule has 0 N–H and O–H groups in total. The zero-order chi connectivity index (χ0) is 49.2. The monoisotopic (exact) mass is 908 g/mol. The molecule has 0 fully saturated rings. The van der Waals surface area contributed by atoms with Gasteiger partial charge in [0.25, 0.3) is 6.71 Å². The maximum atomic E-state index is 5.95. The van der Waals surface area contributed by atoms with Crippen molar-refractivity contribution in [2.24, 2.45) is 0 Å². The molecule has 1 aromatic heterocycles. The minimum Gasteiger partial charge on any atom is -0.471 e. The van der Waals surface area contributed by atoms with Crippen LogP contribution in [0.15, 0.2) is 156 Å². The minimum atomic E-state index is -0.142. The quantitative estimate of drug-likeness (QED) is 0.161. The highest BCUT2D eigenvalue weighted by atomic mass is 16.3. The fourth-order valence-corrected chi connectivity index (χ4v) is 10.5. The van der Waals surface area contributed by atoms with Crippen molar-refractivity contribution in [2.45, 2.75) is 131 Å². The van der Waals surface area contributed by atoms with E-state index in [2.05, 4.69) is 258 Å². The summed E-state index contributed by atoms with van der Waals surface area (Å²) < 4.78 is 5.95. The van der Waals surface area contributed by atoms with Gasteiger partial charge in [-0.1, -0.05) is 165 Å². The Labute approximate surface area is 413 Å². The molecule has 0 spiro atoms. The van der Waals surface area contributed by atoms with Crippen LogP contribution in [-0.4, -0.2) is 6.71 Å². The first-order chi connectivity index (χ1) is 32.4. The fraction of sp³-hybridized carbons (Fsp3) is 0.312. The van der Waals surface area contributed by atoms with Crippen LogP contribution in [0.2, 0.25) is 0 Å². The SMILES string of the molecule is CC(C)(C)c1ccc(N(c2ccc(C(C)(C)C)cc2)c2ccc3c(c2)N(c2ccc(C(C)(C)C)cc2)c2cc(C(C)(C)C)cc4c2B3c2cc3cocc3cc2N4c2ccc(C(C)(C)C)cc2)cc1. The van der Waals surface area contributed by atoms with E-state index < -0.39 is 0 Å². The van der Waals surface area contributed by atoms with Crippen molar-refractivity contribution >= 4 is 85.1 Å². The van der Waals surface area contributed by atoms with Gasteiger partial charge in [-0.05, 0) is 150 Å². The van der Waals surface area contributed by atoms with E-state index >= 15 is 0 Å². The van der Waals surface area contributed by atoms with E-state index in [0.717, 1.165) is 39.2 Å². The average molecular weight is 908 g/mol. The number of hydrogen-bond donors (Lipinski definition) is 0. The van der Waals surface area contributed by atoms with E-state index in [1.807, 2.05) is 12.5 Å². The molecule has 0 saturated heterocycles. The number of nitrogens with zero attached hydrogens (tertiary/aromatic N) is 3. The first-order valence-corrected chi connectivity index (χ1v) is 25.0. The summed E-state index contributed by atoms with van der Waals surface area (Å²) in [5.41, 5.74) is 20.8. The van der Waals surface area contributed by atoms with Gasteiger partial charge in [-0.15, -0.1) is 0 Å². The molecule has 0 amide bonds. The Morgan fingerprint density at radius 3 is 1.12 bits per heavy atom. The van der Waals surface area contributed by atoms with E-state index in [1.54, 1.807) is 0 Å². The normalized spacial score (nSPS) is 13.9. The molecule has 10 rings (SSSR count). The molecule has 5 heteroatoms. The maximum absolute atomic E-state index is 5.95. The Balaban J connectivity index is 1.27. The van der Waals surface area contributed by atoms with Crippen molar-refractivity contribution in [1.82, 2.24) is 0 Å². The molecule has 0 atom stereocenters. The average Bonchev–Trinajstić information content (AvgIpc) is 3.75. The third kappa shape index (κ3) is 8.26. The molecule has 350 valence electrons. The van der Waals surface area contributed by atoms with Crippen LogP contribution in [0.3, 0.4) is 0 Å². The lowest BCUT2D eigenvalue weighted by molar-refractivity contribution is 0.572. The van der Waals surface area contributed by atoms with Crippen LogP contribution < -0.4 is 31.1 Å². The molecule has 3 heterocycles. The Morgan fingerprint density at radius 1 is 0.348 bits per heavy atom. The van der Waals surface area contributed by atoms with Crippen LogP contribution in [-0.2, 0) is 27.1 Å². The Bertz CT molecular complexity index is 3160. The number of hydrogen-bond acceptors (Lipinski definition) is 4. The Kier molecular flexibility index (Phi) is 10.8. The number of benzene rings is 7. The number of rotatable bonds is 5.